The molecule has 0 amide bonds. The van der Waals surface area contributed by atoms with Gasteiger partial charge >= 0.3 is 11.9 Å². The molecule has 0 spiro atoms. The zero-order chi connectivity index (χ0) is 11.7. The van der Waals surface area contributed by atoms with E-state index in [1.165, 1.54) is 0 Å². The Morgan fingerprint density at radius 1 is 1.56 bits per heavy atom. The number of hydrogen-bond acceptors (Lipinski definition) is 3. The molecule has 1 aliphatic heterocycles. The summed E-state index contributed by atoms with van der Waals surface area (Å²) in [7, 11) is 0. The minimum absolute atomic E-state index is 0.0377. The zero-order valence-corrected chi connectivity index (χ0v) is 11.0. The second-order valence-corrected chi connectivity index (χ2v) is 6.84. The normalized spacial score (nSPS) is 53.9. The third-order valence-corrected chi connectivity index (χ3v) is 6.05. The van der Waals surface area contributed by atoms with Gasteiger partial charge < -0.3 is 9.84 Å². The standard InChI is InChI=1S/C11H13IO4/c1-11(10(14)15)4-2-3-5(12)8-6(4)7(11)9(13)16-8/h4-8H,2-3H2,1H3,(H,14,15). The number of carboxylic acids is 1. The molecule has 1 heterocycles. The Bertz CT molecular complexity index is 382. The molecule has 0 aromatic rings. The van der Waals surface area contributed by atoms with Crippen molar-refractivity contribution in [3.8, 4) is 0 Å². The van der Waals surface area contributed by atoms with Crippen molar-refractivity contribution in [1.82, 2.24) is 0 Å². The number of carboxylic acid groups (broad SMARTS) is 1. The lowest BCUT2D eigenvalue weighted by molar-refractivity contribution is -0.184. The van der Waals surface area contributed by atoms with E-state index in [-0.39, 0.29) is 23.9 Å². The second kappa shape index (κ2) is 3.11. The molecule has 0 aromatic heterocycles. The highest BCUT2D eigenvalue weighted by Crippen LogP contribution is 2.66. The van der Waals surface area contributed by atoms with Crippen molar-refractivity contribution in [3.63, 3.8) is 0 Å². The van der Waals surface area contributed by atoms with Gasteiger partial charge in [-0.05, 0) is 25.7 Å². The van der Waals surface area contributed by atoms with E-state index in [0.29, 0.717) is 3.92 Å². The Balaban J connectivity index is 2.00. The summed E-state index contributed by atoms with van der Waals surface area (Å²) >= 11 is 2.32. The van der Waals surface area contributed by atoms with Crippen LogP contribution in [0.4, 0.5) is 0 Å². The fourth-order valence-electron chi connectivity index (χ4n) is 3.85. The summed E-state index contributed by atoms with van der Waals surface area (Å²) in [5, 5.41) is 9.33. The Labute approximate surface area is 107 Å². The Morgan fingerprint density at radius 2 is 2.25 bits per heavy atom. The number of carbonyl (C=O) groups excluding carboxylic acids is 1. The molecule has 0 aromatic carbocycles. The van der Waals surface area contributed by atoms with E-state index in [1.54, 1.807) is 6.92 Å². The molecule has 3 fully saturated rings. The highest BCUT2D eigenvalue weighted by Gasteiger charge is 2.74. The molecule has 1 saturated heterocycles. The van der Waals surface area contributed by atoms with Gasteiger partial charge in [-0.2, -0.15) is 0 Å². The molecule has 2 aliphatic carbocycles. The lowest BCUT2D eigenvalue weighted by Crippen LogP contribution is -2.63. The van der Waals surface area contributed by atoms with Crippen molar-refractivity contribution in [2.75, 3.05) is 0 Å². The van der Waals surface area contributed by atoms with Crippen molar-refractivity contribution in [2.24, 2.45) is 23.2 Å². The van der Waals surface area contributed by atoms with Crippen LogP contribution in [0.3, 0.4) is 0 Å². The number of halogens is 1. The van der Waals surface area contributed by atoms with E-state index in [0.717, 1.165) is 12.8 Å². The first-order chi connectivity index (χ1) is 7.48. The van der Waals surface area contributed by atoms with E-state index in [1.807, 2.05) is 0 Å². The first-order valence-electron chi connectivity index (χ1n) is 5.56. The van der Waals surface area contributed by atoms with Crippen molar-refractivity contribution >= 4 is 34.5 Å². The molecule has 3 aliphatic rings. The van der Waals surface area contributed by atoms with Gasteiger partial charge in [-0.15, -0.1) is 0 Å². The minimum atomic E-state index is -0.882. The predicted molar refractivity (Wildman–Crippen MR) is 63.1 cm³/mol. The van der Waals surface area contributed by atoms with Crippen LogP contribution in [0, 0.1) is 23.2 Å². The van der Waals surface area contributed by atoms with Crippen LogP contribution >= 0.6 is 22.6 Å². The first-order valence-corrected chi connectivity index (χ1v) is 6.80. The summed E-state index contributed by atoms with van der Waals surface area (Å²) < 4.78 is 5.72. The van der Waals surface area contributed by atoms with Crippen LogP contribution in [0.25, 0.3) is 0 Å². The first kappa shape index (κ1) is 10.8. The van der Waals surface area contributed by atoms with Gasteiger partial charge in [-0.1, -0.05) is 22.6 Å². The number of alkyl halides is 1. The van der Waals surface area contributed by atoms with Crippen LogP contribution in [0.5, 0.6) is 0 Å². The summed E-state index contributed by atoms with van der Waals surface area (Å²) in [5.41, 5.74) is -0.882. The number of aliphatic carboxylic acids is 1. The lowest BCUT2D eigenvalue weighted by Gasteiger charge is -2.56. The summed E-state index contributed by atoms with van der Waals surface area (Å²) in [6.07, 6.45) is 1.82. The Morgan fingerprint density at radius 3 is 2.88 bits per heavy atom. The van der Waals surface area contributed by atoms with Gasteiger partial charge in [0, 0.05) is 9.84 Å². The summed E-state index contributed by atoms with van der Waals surface area (Å²) in [4.78, 5) is 23.1. The zero-order valence-electron chi connectivity index (χ0n) is 8.85. The Hall–Kier alpha value is -0.330. The number of hydrogen-bond donors (Lipinski definition) is 1. The maximum absolute atomic E-state index is 11.8. The highest BCUT2D eigenvalue weighted by atomic mass is 127. The second-order valence-electron chi connectivity index (χ2n) is 5.24. The highest BCUT2D eigenvalue weighted by molar-refractivity contribution is 14.1. The monoisotopic (exact) mass is 336 g/mol. The van der Waals surface area contributed by atoms with E-state index in [2.05, 4.69) is 22.6 Å². The van der Waals surface area contributed by atoms with E-state index in [4.69, 9.17) is 4.74 Å². The molecule has 1 N–H and O–H groups in total. The van der Waals surface area contributed by atoms with Gasteiger partial charge in [-0.3, -0.25) is 9.59 Å². The molecule has 16 heavy (non-hydrogen) atoms. The summed E-state index contributed by atoms with van der Waals surface area (Å²) in [6, 6.07) is 0. The minimum Gasteiger partial charge on any atom is -0.481 e. The lowest BCUT2D eigenvalue weighted by atomic mass is 9.44. The number of carbonyl (C=O) groups is 2. The predicted octanol–water partition coefficient (Wildman–Crippen LogP) is 1.46. The third kappa shape index (κ3) is 1.01. The molecule has 4 nitrogen and oxygen atoms in total. The van der Waals surface area contributed by atoms with Crippen LogP contribution in [0.15, 0.2) is 0 Å². The van der Waals surface area contributed by atoms with Crippen LogP contribution in [0.2, 0.25) is 0 Å². The molecule has 0 radical (unpaired) electrons. The van der Waals surface area contributed by atoms with E-state index >= 15 is 0 Å². The van der Waals surface area contributed by atoms with Gasteiger partial charge in [-0.25, -0.2) is 0 Å². The molecular weight excluding hydrogens is 323 g/mol. The van der Waals surface area contributed by atoms with Crippen LogP contribution < -0.4 is 0 Å². The van der Waals surface area contributed by atoms with Crippen LogP contribution in [-0.4, -0.2) is 27.1 Å². The number of esters is 1. The third-order valence-electron chi connectivity index (χ3n) is 4.72. The average molecular weight is 336 g/mol. The fourth-order valence-corrected chi connectivity index (χ4v) is 4.84. The van der Waals surface area contributed by atoms with Gasteiger partial charge in [0.05, 0.1) is 11.3 Å². The molecule has 0 bridgehead atoms. The van der Waals surface area contributed by atoms with E-state index in [9.17, 15) is 14.7 Å². The van der Waals surface area contributed by atoms with E-state index < -0.39 is 17.3 Å². The molecule has 5 heteroatoms. The summed E-state index contributed by atoms with van der Waals surface area (Å²) in [5.74, 6) is -1.26. The van der Waals surface area contributed by atoms with Crippen molar-refractivity contribution in [2.45, 2.75) is 29.8 Å². The maximum Gasteiger partial charge on any atom is 0.310 e. The van der Waals surface area contributed by atoms with Crippen molar-refractivity contribution in [3.05, 3.63) is 0 Å². The average Bonchev–Trinajstić information content (AvgIpc) is 2.53. The van der Waals surface area contributed by atoms with Gasteiger partial charge in [0.1, 0.15) is 6.10 Å². The van der Waals surface area contributed by atoms with Gasteiger partial charge in [0.25, 0.3) is 0 Å². The quantitative estimate of drug-likeness (QED) is 0.447. The van der Waals surface area contributed by atoms with Crippen LogP contribution in [0.1, 0.15) is 19.8 Å². The SMILES string of the molecule is CC1(C(=O)O)C2CCC(I)C3OC(=O)C1C32. The number of rotatable bonds is 1. The van der Waals surface area contributed by atoms with Gasteiger partial charge in [0.15, 0.2) is 0 Å². The summed E-state index contributed by atoms with van der Waals surface area (Å²) in [6.45, 7) is 1.71. The fraction of sp³-hybridized carbons (Fsp3) is 0.818. The molecule has 6 unspecified atom stereocenters. The number of ether oxygens (including phenoxy) is 1. The van der Waals surface area contributed by atoms with Crippen molar-refractivity contribution < 1.29 is 19.4 Å². The Kier molecular flexibility index (Phi) is 2.10. The largest absolute Gasteiger partial charge is 0.481 e. The van der Waals surface area contributed by atoms with Crippen molar-refractivity contribution in [1.29, 1.82) is 0 Å². The maximum atomic E-state index is 11.8. The molecular formula is C11H13IO4. The smallest absolute Gasteiger partial charge is 0.310 e. The topological polar surface area (TPSA) is 63.6 Å². The molecule has 2 saturated carbocycles. The van der Waals surface area contributed by atoms with Crippen LogP contribution in [-0.2, 0) is 14.3 Å². The molecule has 88 valence electrons. The molecule has 3 rings (SSSR count). The van der Waals surface area contributed by atoms with Gasteiger partial charge in [0.2, 0.25) is 0 Å². The molecule has 6 atom stereocenters.